The standard InChI is InChI=1S/C11H18O3/c1-7(12)8-5-6-9(14-8)10(13)11(2,3)4/h8-9,12H,1,5-6H2,2-4H3. The van der Waals surface area contributed by atoms with Gasteiger partial charge < -0.3 is 9.84 Å². The summed E-state index contributed by atoms with van der Waals surface area (Å²) in [6, 6.07) is 0. The Hall–Kier alpha value is -0.830. The molecule has 3 nitrogen and oxygen atoms in total. The second-order valence-corrected chi connectivity index (χ2v) is 4.80. The minimum absolute atomic E-state index is 0.0224. The van der Waals surface area contributed by atoms with Crippen molar-refractivity contribution in [2.45, 2.75) is 45.8 Å². The smallest absolute Gasteiger partial charge is 0.166 e. The van der Waals surface area contributed by atoms with Gasteiger partial charge in [0.1, 0.15) is 18.0 Å². The minimum atomic E-state index is -0.379. The molecule has 1 aliphatic heterocycles. The minimum Gasteiger partial charge on any atom is -0.510 e. The van der Waals surface area contributed by atoms with Crippen molar-refractivity contribution in [3.63, 3.8) is 0 Å². The lowest BCUT2D eigenvalue weighted by Gasteiger charge is -2.21. The summed E-state index contributed by atoms with van der Waals surface area (Å²) in [5.41, 5.74) is -0.379. The fourth-order valence-corrected chi connectivity index (χ4v) is 1.56. The van der Waals surface area contributed by atoms with Crippen molar-refractivity contribution in [1.82, 2.24) is 0 Å². The van der Waals surface area contributed by atoms with E-state index in [1.54, 1.807) is 0 Å². The van der Waals surface area contributed by atoms with E-state index in [9.17, 15) is 4.79 Å². The quantitative estimate of drug-likeness (QED) is 0.692. The van der Waals surface area contributed by atoms with Gasteiger partial charge in [-0.25, -0.2) is 0 Å². The van der Waals surface area contributed by atoms with Crippen molar-refractivity contribution >= 4 is 5.78 Å². The maximum Gasteiger partial charge on any atom is 0.166 e. The molecular formula is C11H18O3. The van der Waals surface area contributed by atoms with Gasteiger partial charge in [0.2, 0.25) is 0 Å². The van der Waals surface area contributed by atoms with Crippen molar-refractivity contribution in [3.05, 3.63) is 12.3 Å². The van der Waals surface area contributed by atoms with Crippen molar-refractivity contribution in [1.29, 1.82) is 0 Å². The van der Waals surface area contributed by atoms with Crippen LogP contribution in [-0.2, 0) is 9.53 Å². The number of rotatable bonds is 2. The summed E-state index contributed by atoms with van der Waals surface area (Å²) in [5.74, 6) is 0.121. The van der Waals surface area contributed by atoms with E-state index in [0.29, 0.717) is 12.8 Å². The van der Waals surface area contributed by atoms with Gasteiger partial charge in [-0.05, 0) is 12.8 Å². The van der Waals surface area contributed by atoms with Crippen LogP contribution < -0.4 is 0 Å². The van der Waals surface area contributed by atoms with E-state index < -0.39 is 0 Å². The molecule has 0 spiro atoms. The summed E-state index contributed by atoms with van der Waals surface area (Å²) in [6.45, 7) is 9.04. The number of ether oxygens (including phenoxy) is 1. The van der Waals surface area contributed by atoms with E-state index in [-0.39, 0.29) is 29.2 Å². The topological polar surface area (TPSA) is 46.5 Å². The zero-order chi connectivity index (χ0) is 10.9. The first kappa shape index (κ1) is 11.2. The molecule has 14 heavy (non-hydrogen) atoms. The van der Waals surface area contributed by atoms with Crippen LogP contribution in [0, 0.1) is 5.41 Å². The zero-order valence-corrected chi connectivity index (χ0v) is 9.04. The lowest BCUT2D eigenvalue weighted by molar-refractivity contribution is -0.137. The maximum absolute atomic E-state index is 11.8. The van der Waals surface area contributed by atoms with Crippen molar-refractivity contribution in [2.24, 2.45) is 5.41 Å². The van der Waals surface area contributed by atoms with E-state index in [2.05, 4.69) is 6.58 Å². The molecule has 0 radical (unpaired) electrons. The summed E-state index contributed by atoms with van der Waals surface area (Å²) < 4.78 is 5.41. The second kappa shape index (κ2) is 3.73. The highest BCUT2D eigenvalue weighted by Crippen LogP contribution is 2.29. The average molecular weight is 198 g/mol. The van der Waals surface area contributed by atoms with Crippen LogP contribution in [0.5, 0.6) is 0 Å². The summed E-state index contributed by atoms with van der Waals surface area (Å²) in [4.78, 5) is 11.8. The highest BCUT2D eigenvalue weighted by molar-refractivity contribution is 5.88. The summed E-state index contributed by atoms with van der Waals surface area (Å²) in [5, 5.41) is 9.12. The largest absolute Gasteiger partial charge is 0.510 e. The highest BCUT2D eigenvalue weighted by atomic mass is 16.5. The zero-order valence-electron chi connectivity index (χ0n) is 9.04. The lowest BCUT2D eigenvalue weighted by Crippen LogP contribution is -2.32. The SMILES string of the molecule is C=C(O)C1CCC(C(=O)C(C)(C)C)O1. The molecule has 80 valence electrons. The monoisotopic (exact) mass is 198 g/mol. The van der Waals surface area contributed by atoms with Gasteiger partial charge in [-0.15, -0.1) is 0 Å². The molecule has 2 atom stereocenters. The number of carbonyl (C=O) groups excluding carboxylic acids is 1. The van der Waals surface area contributed by atoms with Gasteiger partial charge in [0.05, 0.1) is 0 Å². The van der Waals surface area contributed by atoms with Crippen molar-refractivity contribution in [3.8, 4) is 0 Å². The third kappa shape index (κ3) is 2.35. The molecule has 1 fully saturated rings. The van der Waals surface area contributed by atoms with Crippen LogP contribution in [-0.4, -0.2) is 23.1 Å². The van der Waals surface area contributed by atoms with Crippen LogP contribution >= 0.6 is 0 Å². The Bertz CT molecular complexity index is 250. The summed E-state index contributed by atoms with van der Waals surface area (Å²) in [7, 11) is 0. The van der Waals surface area contributed by atoms with Gasteiger partial charge in [0.25, 0.3) is 0 Å². The highest BCUT2D eigenvalue weighted by Gasteiger charge is 2.37. The predicted molar refractivity (Wildman–Crippen MR) is 54.1 cm³/mol. The maximum atomic E-state index is 11.8. The molecule has 1 heterocycles. The third-order valence-electron chi connectivity index (χ3n) is 2.42. The third-order valence-corrected chi connectivity index (χ3v) is 2.42. The molecule has 3 heteroatoms. The molecule has 2 unspecified atom stereocenters. The van der Waals surface area contributed by atoms with E-state index in [1.165, 1.54) is 0 Å². The van der Waals surface area contributed by atoms with E-state index >= 15 is 0 Å². The molecule has 0 aliphatic carbocycles. The lowest BCUT2D eigenvalue weighted by atomic mass is 9.87. The fourth-order valence-electron chi connectivity index (χ4n) is 1.56. The molecule has 1 saturated heterocycles. The number of hydrogen-bond donors (Lipinski definition) is 1. The van der Waals surface area contributed by atoms with Gasteiger partial charge >= 0.3 is 0 Å². The molecule has 0 aromatic carbocycles. The van der Waals surface area contributed by atoms with Gasteiger partial charge in [-0.2, -0.15) is 0 Å². The molecule has 0 amide bonds. The van der Waals surface area contributed by atoms with Crippen LogP contribution in [0.4, 0.5) is 0 Å². The Labute approximate surface area is 84.8 Å². The van der Waals surface area contributed by atoms with Crippen LogP contribution in [0.3, 0.4) is 0 Å². The van der Waals surface area contributed by atoms with E-state index in [0.717, 1.165) is 0 Å². The number of carbonyl (C=O) groups is 1. The molecule has 0 saturated carbocycles. The molecular weight excluding hydrogens is 180 g/mol. The van der Waals surface area contributed by atoms with E-state index in [1.807, 2.05) is 20.8 Å². The molecule has 1 aliphatic rings. The first-order chi connectivity index (χ1) is 6.32. The Balaban J connectivity index is 2.59. The summed E-state index contributed by atoms with van der Waals surface area (Å²) >= 11 is 0. The van der Waals surface area contributed by atoms with Crippen LogP contribution in [0.25, 0.3) is 0 Å². The van der Waals surface area contributed by atoms with Crippen molar-refractivity contribution in [2.75, 3.05) is 0 Å². The normalized spacial score (nSPS) is 27.6. The average Bonchev–Trinajstić information content (AvgIpc) is 2.48. The Morgan fingerprint density at radius 3 is 2.21 bits per heavy atom. The number of ketones is 1. The molecule has 0 bridgehead atoms. The van der Waals surface area contributed by atoms with Crippen LogP contribution in [0.2, 0.25) is 0 Å². The molecule has 1 rings (SSSR count). The van der Waals surface area contributed by atoms with Crippen molar-refractivity contribution < 1.29 is 14.6 Å². The number of aliphatic hydroxyl groups excluding tert-OH is 1. The number of Topliss-reactive ketones (excluding diaryl/α,β-unsaturated/α-hetero) is 1. The van der Waals surface area contributed by atoms with Gasteiger partial charge in [-0.3, -0.25) is 4.79 Å². The number of hydrogen-bond acceptors (Lipinski definition) is 3. The van der Waals surface area contributed by atoms with Gasteiger partial charge in [0, 0.05) is 5.41 Å². The first-order valence-electron chi connectivity index (χ1n) is 4.90. The first-order valence-corrected chi connectivity index (χ1v) is 4.90. The Morgan fingerprint density at radius 2 is 1.86 bits per heavy atom. The molecule has 1 N–H and O–H groups in total. The van der Waals surface area contributed by atoms with Crippen LogP contribution in [0.1, 0.15) is 33.6 Å². The second-order valence-electron chi connectivity index (χ2n) is 4.80. The summed E-state index contributed by atoms with van der Waals surface area (Å²) in [6.07, 6.45) is 0.637. The van der Waals surface area contributed by atoms with Gasteiger partial charge in [0.15, 0.2) is 5.78 Å². The molecule has 0 aromatic heterocycles. The fraction of sp³-hybridized carbons (Fsp3) is 0.727. The van der Waals surface area contributed by atoms with Crippen LogP contribution in [0.15, 0.2) is 12.3 Å². The Kier molecular flexibility index (Phi) is 3.00. The molecule has 0 aromatic rings. The predicted octanol–water partition coefficient (Wildman–Crippen LogP) is 2.22. The van der Waals surface area contributed by atoms with E-state index in [4.69, 9.17) is 9.84 Å². The van der Waals surface area contributed by atoms with Gasteiger partial charge in [-0.1, -0.05) is 27.4 Å². The Morgan fingerprint density at radius 1 is 1.36 bits per heavy atom. The number of aliphatic hydroxyl groups is 1.